The minimum absolute atomic E-state index is 0.0129. The van der Waals surface area contributed by atoms with Gasteiger partial charge in [0, 0.05) is 24.9 Å². The van der Waals surface area contributed by atoms with Gasteiger partial charge in [0.2, 0.25) is 15.9 Å². The number of fused-ring (bicyclic) bond motifs is 3. The number of hydrogen-bond acceptors (Lipinski definition) is 11. The molecule has 54 heavy (non-hydrogen) atoms. The number of alkyl carbamates (subject to hydrolysis) is 1. The molecule has 3 N–H and O–H groups in total. The summed E-state index contributed by atoms with van der Waals surface area (Å²) in [7, 11) is -2.63. The van der Waals surface area contributed by atoms with Gasteiger partial charge < -0.3 is 24.8 Å². The lowest BCUT2D eigenvalue weighted by Crippen LogP contribution is -2.54. The van der Waals surface area contributed by atoms with Gasteiger partial charge in [0.15, 0.2) is 5.78 Å². The summed E-state index contributed by atoms with van der Waals surface area (Å²) in [5.74, 6) is -4.90. The molecule has 1 aromatic carbocycles. The highest BCUT2D eigenvalue weighted by molar-refractivity contribution is 7.91. The number of carbonyl (C=O) groups excluding carboxylic acids is 6. The highest BCUT2D eigenvalue weighted by Gasteiger charge is 2.62. The largest absolute Gasteiger partial charge is 0.465 e. The van der Waals surface area contributed by atoms with E-state index in [4.69, 9.17) is 14.2 Å². The number of amides is 4. The predicted molar refractivity (Wildman–Crippen MR) is 193 cm³/mol. The van der Waals surface area contributed by atoms with Gasteiger partial charge in [-0.25, -0.2) is 22.8 Å². The number of nitrogens with zero attached hydrogens (tertiary/aromatic N) is 1. The summed E-state index contributed by atoms with van der Waals surface area (Å²) in [4.78, 5) is 82.3. The molecule has 4 amide bonds. The van der Waals surface area contributed by atoms with Gasteiger partial charge in [0.05, 0.1) is 29.9 Å². The molecule has 0 bridgehead atoms. The first kappa shape index (κ1) is 39.2. The first-order valence-corrected chi connectivity index (χ1v) is 20.3. The van der Waals surface area contributed by atoms with Gasteiger partial charge in [-0.05, 0) is 95.4 Å². The van der Waals surface area contributed by atoms with E-state index < -0.39 is 92.1 Å². The van der Waals surface area contributed by atoms with Crippen LogP contribution in [0.15, 0.2) is 30.4 Å². The molecule has 0 spiro atoms. The Labute approximate surface area is 315 Å². The van der Waals surface area contributed by atoms with E-state index in [0.717, 1.165) is 24.0 Å². The summed E-state index contributed by atoms with van der Waals surface area (Å²) >= 11 is 0. The number of rotatable bonds is 6. The van der Waals surface area contributed by atoms with E-state index >= 15 is 0 Å². The van der Waals surface area contributed by atoms with Crippen LogP contribution in [0.3, 0.4) is 0 Å². The van der Waals surface area contributed by atoms with E-state index in [9.17, 15) is 37.2 Å². The summed E-state index contributed by atoms with van der Waals surface area (Å²) in [5, 5.41) is 4.91. The topological polar surface area (TPSA) is 204 Å². The number of hydrogen-bond donors (Lipinski definition) is 3. The monoisotopic (exact) mass is 770 g/mol. The summed E-state index contributed by atoms with van der Waals surface area (Å²) in [6.45, 7) is 5.53. The van der Waals surface area contributed by atoms with Crippen LogP contribution in [0, 0.1) is 17.8 Å². The quantitative estimate of drug-likeness (QED) is 0.216. The number of esters is 1. The Bertz CT molecular complexity index is 1840. The van der Waals surface area contributed by atoms with Crippen LogP contribution in [-0.2, 0) is 51.7 Å². The second kappa shape index (κ2) is 15.3. The second-order valence-corrected chi connectivity index (χ2v) is 18.1. The molecule has 3 saturated carbocycles. The van der Waals surface area contributed by atoms with Crippen molar-refractivity contribution >= 4 is 45.8 Å². The SMILES string of the molecule is COC(=O)c1ccc2c(c1)CN(C(=O)O[C@H]1CC3C(=O)[C@@H](NC(=O)OC(C)(C)C)CCCCC/C=C\[C@@H]4C[C@@]4(C(=O)NS(=O)(=O)C4CC4)NC(=O)[C@@H]3C1)C2. The Kier molecular flexibility index (Phi) is 11.1. The van der Waals surface area contributed by atoms with Crippen LogP contribution in [-0.4, -0.2) is 84.7 Å². The molecule has 2 heterocycles. The van der Waals surface area contributed by atoms with Crippen LogP contribution in [0.2, 0.25) is 0 Å². The third-order valence-electron chi connectivity index (χ3n) is 10.8. The predicted octanol–water partition coefficient (Wildman–Crippen LogP) is 3.79. The zero-order valence-corrected chi connectivity index (χ0v) is 32.0. The molecule has 3 fully saturated rings. The number of allylic oxidation sites excluding steroid dienone is 1. The van der Waals surface area contributed by atoms with Crippen LogP contribution in [0.25, 0.3) is 0 Å². The van der Waals surface area contributed by atoms with Gasteiger partial charge in [-0.15, -0.1) is 0 Å². The Morgan fingerprint density at radius 2 is 1.69 bits per heavy atom. The fourth-order valence-corrected chi connectivity index (χ4v) is 9.06. The van der Waals surface area contributed by atoms with E-state index in [0.29, 0.717) is 37.7 Å². The van der Waals surface area contributed by atoms with Gasteiger partial charge in [-0.1, -0.05) is 31.1 Å². The van der Waals surface area contributed by atoms with E-state index in [2.05, 4.69) is 15.4 Å². The van der Waals surface area contributed by atoms with Gasteiger partial charge in [0.1, 0.15) is 17.2 Å². The number of Topliss-reactive ketones (excluding diaryl/α,β-unsaturated/α-hetero) is 1. The van der Waals surface area contributed by atoms with Crippen molar-refractivity contribution in [2.75, 3.05) is 7.11 Å². The molecule has 2 aliphatic heterocycles. The lowest BCUT2D eigenvalue weighted by Gasteiger charge is -2.27. The van der Waals surface area contributed by atoms with Crippen LogP contribution >= 0.6 is 0 Å². The first-order valence-electron chi connectivity index (χ1n) is 18.7. The number of ether oxygens (including phenoxy) is 3. The number of sulfonamides is 1. The number of nitrogens with one attached hydrogen (secondary N) is 3. The first-order chi connectivity index (χ1) is 25.5. The third kappa shape index (κ3) is 8.90. The smallest absolute Gasteiger partial charge is 0.410 e. The molecule has 0 radical (unpaired) electrons. The number of ketones is 1. The molecule has 0 aromatic heterocycles. The average molecular weight is 771 g/mol. The number of benzene rings is 1. The summed E-state index contributed by atoms with van der Waals surface area (Å²) in [5.41, 5.74) is -0.413. The van der Waals surface area contributed by atoms with Gasteiger partial charge in [-0.2, -0.15) is 0 Å². The molecule has 6 rings (SSSR count). The van der Waals surface area contributed by atoms with Crippen molar-refractivity contribution in [3.05, 3.63) is 47.0 Å². The molecule has 1 unspecified atom stereocenters. The maximum Gasteiger partial charge on any atom is 0.410 e. The number of methoxy groups -OCH3 is 1. The van der Waals surface area contributed by atoms with E-state index in [1.807, 2.05) is 12.2 Å². The van der Waals surface area contributed by atoms with Crippen molar-refractivity contribution in [1.82, 2.24) is 20.3 Å². The van der Waals surface area contributed by atoms with E-state index in [-0.39, 0.29) is 32.4 Å². The lowest BCUT2D eigenvalue weighted by molar-refractivity contribution is -0.136. The van der Waals surface area contributed by atoms with E-state index in [1.54, 1.807) is 39.0 Å². The van der Waals surface area contributed by atoms with Crippen molar-refractivity contribution < 1.29 is 51.4 Å². The number of carbonyl (C=O) groups is 6. The lowest BCUT2D eigenvalue weighted by atomic mass is 9.86. The second-order valence-electron chi connectivity index (χ2n) is 16.1. The molecular formula is C38H50N4O11S. The maximum atomic E-state index is 14.4. The Morgan fingerprint density at radius 3 is 2.39 bits per heavy atom. The molecule has 0 saturated heterocycles. The normalized spacial score (nSPS) is 29.2. The summed E-state index contributed by atoms with van der Waals surface area (Å²) in [6, 6.07) is 4.04. The van der Waals surface area contributed by atoms with E-state index in [1.165, 1.54) is 12.0 Å². The minimum Gasteiger partial charge on any atom is -0.465 e. The molecule has 294 valence electrons. The van der Waals surface area contributed by atoms with Crippen molar-refractivity contribution in [3.63, 3.8) is 0 Å². The Morgan fingerprint density at radius 1 is 0.963 bits per heavy atom. The molecule has 16 heteroatoms. The maximum absolute atomic E-state index is 14.4. The average Bonchev–Trinajstić information content (AvgIpc) is 3.99. The van der Waals surface area contributed by atoms with Gasteiger partial charge >= 0.3 is 18.2 Å². The summed E-state index contributed by atoms with van der Waals surface area (Å²) < 4.78 is 44.0. The van der Waals surface area contributed by atoms with Crippen molar-refractivity contribution in [1.29, 1.82) is 0 Å². The van der Waals surface area contributed by atoms with Gasteiger partial charge in [-0.3, -0.25) is 24.0 Å². The molecule has 6 atom stereocenters. The zero-order chi connectivity index (χ0) is 39.0. The molecule has 15 nitrogen and oxygen atoms in total. The Balaban J connectivity index is 1.24. The fraction of sp³-hybridized carbons (Fsp3) is 0.632. The highest BCUT2D eigenvalue weighted by atomic mass is 32.2. The van der Waals surface area contributed by atoms with Crippen LogP contribution in [0.5, 0.6) is 0 Å². The summed E-state index contributed by atoms with van der Waals surface area (Å²) in [6.07, 6.45) is 5.56. The molecular weight excluding hydrogens is 721 g/mol. The van der Waals surface area contributed by atoms with Crippen molar-refractivity contribution in [3.8, 4) is 0 Å². The zero-order valence-electron chi connectivity index (χ0n) is 31.2. The van der Waals surface area contributed by atoms with Crippen molar-refractivity contribution in [2.45, 2.75) is 127 Å². The van der Waals surface area contributed by atoms with Crippen LogP contribution in [0.1, 0.15) is 106 Å². The third-order valence-corrected chi connectivity index (χ3v) is 12.6. The Hall–Kier alpha value is -4.47. The van der Waals surface area contributed by atoms with Gasteiger partial charge in [0.25, 0.3) is 5.91 Å². The molecule has 3 aliphatic carbocycles. The molecule has 5 aliphatic rings. The van der Waals surface area contributed by atoms with Crippen LogP contribution < -0.4 is 15.4 Å². The van der Waals surface area contributed by atoms with Crippen molar-refractivity contribution in [2.24, 2.45) is 17.8 Å². The van der Waals surface area contributed by atoms with Crippen LogP contribution in [0.4, 0.5) is 9.59 Å². The standard InChI is InChI=1S/C38H50N4O11S/c1-37(2,3)53-35(47)39-30-11-9-7-5-6-8-10-25-19-38(25,34(46)41-54(49,50)27-14-15-27)40-32(44)29-18-26(17-28(29)31(30)43)52-36(48)42-20-23-13-12-22(33(45)51-4)16-24(23)21-42/h8,10,12-13,16,25-30H,5-7,9,11,14-15,17-21H2,1-4H3,(H,39,47)(H,40,44)(H,41,46)/b10-8-/t25-,26+,28?,29-,30+,38-/m1/s1. The molecule has 1 aromatic rings. The highest BCUT2D eigenvalue weighted by Crippen LogP contribution is 2.47. The fourth-order valence-electron chi connectivity index (χ4n) is 7.70. The minimum atomic E-state index is -3.91.